The lowest BCUT2D eigenvalue weighted by Gasteiger charge is -2.25. The molecule has 0 fully saturated rings. The van der Waals surface area contributed by atoms with Crippen molar-refractivity contribution in [2.24, 2.45) is 0 Å². The summed E-state index contributed by atoms with van der Waals surface area (Å²) in [5, 5.41) is 10.2. The lowest BCUT2D eigenvalue weighted by molar-refractivity contribution is -0.153. The van der Waals surface area contributed by atoms with Crippen LogP contribution in [-0.2, 0) is 20.7 Å². The predicted molar refractivity (Wildman–Crippen MR) is 85.3 cm³/mol. The molecule has 1 atom stereocenters. The lowest BCUT2D eigenvalue weighted by atomic mass is 10.00. The van der Waals surface area contributed by atoms with Crippen molar-refractivity contribution in [3.8, 4) is 0 Å². The first kappa shape index (κ1) is 17.3. The Balaban J connectivity index is 2.27. The molecule has 1 unspecified atom stereocenters. The molecule has 0 saturated carbocycles. The average Bonchev–Trinajstić information content (AvgIpc) is 2.88. The van der Waals surface area contributed by atoms with Gasteiger partial charge in [-0.3, -0.25) is 4.90 Å². The van der Waals surface area contributed by atoms with Crippen molar-refractivity contribution in [1.29, 1.82) is 0 Å². The number of aliphatic hydroxyl groups is 1. The SMILES string of the molecule is CCOC(=O)C(O)c1cccc2c1CCN2C(=O)OC(C)(C)C. The summed E-state index contributed by atoms with van der Waals surface area (Å²) in [6, 6.07) is 5.17. The van der Waals surface area contributed by atoms with E-state index in [9.17, 15) is 14.7 Å². The number of hydrogen-bond donors (Lipinski definition) is 1. The van der Waals surface area contributed by atoms with E-state index < -0.39 is 23.8 Å². The second-order valence-corrected chi connectivity index (χ2v) is 6.38. The number of anilines is 1. The van der Waals surface area contributed by atoms with Gasteiger partial charge in [-0.15, -0.1) is 0 Å². The molecular formula is C17H23NO5. The van der Waals surface area contributed by atoms with Gasteiger partial charge in [0.15, 0.2) is 6.10 Å². The summed E-state index contributed by atoms with van der Waals surface area (Å²) >= 11 is 0. The van der Waals surface area contributed by atoms with E-state index in [4.69, 9.17) is 9.47 Å². The number of amides is 1. The first-order valence-electron chi connectivity index (χ1n) is 7.71. The van der Waals surface area contributed by atoms with Crippen molar-refractivity contribution in [2.45, 2.75) is 45.8 Å². The van der Waals surface area contributed by atoms with Crippen molar-refractivity contribution in [3.05, 3.63) is 29.3 Å². The summed E-state index contributed by atoms with van der Waals surface area (Å²) in [4.78, 5) is 25.6. The van der Waals surface area contributed by atoms with Gasteiger partial charge in [0.2, 0.25) is 0 Å². The third-order valence-corrected chi connectivity index (χ3v) is 3.48. The Bertz CT molecular complexity index is 605. The fraction of sp³-hybridized carbons (Fsp3) is 0.529. The van der Waals surface area contributed by atoms with Crippen molar-refractivity contribution >= 4 is 17.7 Å². The zero-order valence-corrected chi connectivity index (χ0v) is 14.0. The van der Waals surface area contributed by atoms with Gasteiger partial charge in [-0.05, 0) is 51.3 Å². The Hall–Kier alpha value is -2.08. The summed E-state index contributed by atoms with van der Waals surface area (Å²) in [5.41, 5.74) is 1.34. The Morgan fingerprint density at radius 3 is 2.65 bits per heavy atom. The molecule has 1 aromatic rings. The Kier molecular flexibility index (Phi) is 4.94. The molecule has 1 aliphatic rings. The smallest absolute Gasteiger partial charge is 0.414 e. The molecule has 0 aromatic heterocycles. The molecule has 6 nitrogen and oxygen atoms in total. The first-order valence-corrected chi connectivity index (χ1v) is 7.71. The van der Waals surface area contributed by atoms with Crippen LogP contribution in [0.1, 0.15) is 44.9 Å². The maximum atomic E-state index is 12.3. The van der Waals surface area contributed by atoms with Crippen LogP contribution in [0.25, 0.3) is 0 Å². The van der Waals surface area contributed by atoms with Crippen LogP contribution in [0.4, 0.5) is 10.5 Å². The fourth-order valence-corrected chi connectivity index (χ4v) is 2.57. The molecule has 1 amide bonds. The molecule has 1 aliphatic heterocycles. The molecule has 0 saturated heterocycles. The van der Waals surface area contributed by atoms with Crippen LogP contribution < -0.4 is 4.90 Å². The van der Waals surface area contributed by atoms with Gasteiger partial charge < -0.3 is 14.6 Å². The van der Waals surface area contributed by atoms with Crippen LogP contribution in [0.2, 0.25) is 0 Å². The van der Waals surface area contributed by atoms with Crippen molar-refractivity contribution in [1.82, 2.24) is 0 Å². The van der Waals surface area contributed by atoms with Gasteiger partial charge in [0, 0.05) is 6.54 Å². The molecule has 23 heavy (non-hydrogen) atoms. The van der Waals surface area contributed by atoms with Gasteiger partial charge in [-0.25, -0.2) is 9.59 Å². The average molecular weight is 321 g/mol. The monoisotopic (exact) mass is 321 g/mol. The number of fused-ring (bicyclic) bond motifs is 1. The summed E-state index contributed by atoms with van der Waals surface area (Å²) in [6.07, 6.45) is -1.22. The minimum atomic E-state index is -1.34. The molecule has 2 rings (SSSR count). The van der Waals surface area contributed by atoms with E-state index in [1.54, 1.807) is 25.1 Å². The molecule has 6 heteroatoms. The van der Waals surface area contributed by atoms with E-state index in [1.807, 2.05) is 20.8 Å². The highest BCUT2D eigenvalue weighted by atomic mass is 16.6. The highest BCUT2D eigenvalue weighted by Gasteiger charge is 2.32. The highest BCUT2D eigenvalue weighted by molar-refractivity contribution is 5.91. The Labute approximate surface area is 136 Å². The van der Waals surface area contributed by atoms with Gasteiger partial charge in [-0.1, -0.05) is 12.1 Å². The zero-order valence-electron chi connectivity index (χ0n) is 14.0. The molecular weight excluding hydrogens is 298 g/mol. The summed E-state index contributed by atoms with van der Waals surface area (Å²) in [5.74, 6) is -0.684. The van der Waals surface area contributed by atoms with E-state index in [0.717, 1.165) is 5.56 Å². The van der Waals surface area contributed by atoms with Gasteiger partial charge in [0.1, 0.15) is 5.60 Å². The minimum Gasteiger partial charge on any atom is -0.464 e. The maximum Gasteiger partial charge on any atom is 0.414 e. The molecule has 0 spiro atoms. The molecule has 126 valence electrons. The summed E-state index contributed by atoms with van der Waals surface area (Å²) < 4.78 is 10.3. The molecule has 0 radical (unpaired) electrons. The summed E-state index contributed by atoms with van der Waals surface area (Å²) in [6.45, 7) is 7.77. The van der Waals surface area contributed by atoms with E-state index in [2.05, 4.69) is 0 Å². The quantitative estimate of drug-likeness (QED) is 0.866. The van der Waals surface area contributed by atoms with E-state index >= 15 is 0 Å². The van der Waals surface area contributed by atoms with Gasteiger partial charge >= 0.3 is 12.1 Å². The molecule has 1 N–H and O–H groups in total. The molecule has 1 heterocycles. The number of aliphatic hydroxyl groups excluding tert-OH is 1. The predicted octanol–water partition coefficient (Wildman–Crippen LogP) is 2.58. The number of hydrogen-bond acceptors (Lipinski definition) is 5. The number of nitrogens with zero attached hydrogens (tertiary/aromatic N) is 1. The normalized spacial score (nSPS) is 15.1. The van der Waals surface area contributed by atoms with Crippen LogP contribution in [0.3, 0.4) is 0 Å². The Morgan fingerprint density at radius 2 is 2.04 bits per heavy atom. The standard InChI is InChI=1S/C17H23NO5/c1-5-22-15(20)14(19)12-7-6-8-13-11(12)9-10-18(13)16(21)23-17(2,3)4/h6-8,14,19H,5,9-10H2,1-4H3. The lowest BCUT2D eigenvalue weighted by Crippen LogP contribution is -2.35. The fourth-order valence-electron chi connectivity index (χ4n) is 2.57. The van der Waals surface area contributed by atoms with Crippen LogP contribution >= 0.6 is 0 Å². The zero-order chi connectivity index (χ0) is 17.2. The highest BCUT2D eigenvalue weighted by Crippen LogP contribution is 2.34. The number of carbonyl (C=O) groups is 2. The summed E-state index contributed by atoms with van der Waals surface area (Å²) in [7, 11) is 0. The minimum absolute atomic E-state index is 0.203. The van der Waals surface area contributed by atoms with E-state index in [1.165, 1.54) is 4.90 Å². The second kappa shape index (κ2) is 6.58. The van der Waals surface area contributed by atoms with Gasteiger partial charge in [0.05, 0.1) is 12.3 Å². The maximum absolute atomic E-state index is 12.3. The van der Waals surface area contributed by atoms with Crippen LogP contribution in [0.15, 0.2) is 18.2 Å². The van der Waals surface area contributed by atoms with E-state index in [-0.39, 0.29) is 6.61 Å². The second-order valence-electron chi connectivity index (χ2n) is 6.38. The van der Waals surface area contributed by atoms with E-state index in [0.29, 0.717) is 24.2 Å². The van der Waals surface area contributed by atoms with Crippen molar-refractivity contribution in [2.75, 3.05) is 18.1 Å². The van der Waals surface area contributed by atoms with Gasteiger partial charge in [-0.2, -0.15) is 0 Å². The number of esters is 1. The third-order valence-electron chi connectivity index (χ3n) is 3.48. The topological polar surface area (TPSA) is 76.1 Å². The Morgan fingerprint density at radius 1 is 1.35 bits per heavy atom. The van der Waals surface area contributed by atoms with Crippen molar-refractivity contribution < 1.29 is 24.2 Å². The number of rotatable bonds is 3. The number of benzene rings is 1. The van der Waals surface area contributed by atoms with Crippen LogP contribution in [0.5, 0.6) is 0 Å². The first-order chi connectivity index (χ1) is 10.7. The largest absolute Gasteiger partial charge is 0.464 e. The molecule has 1 aromatic carbocycles. The number of ether oxygens (including phenoxy) is 2. The van der Waals surface area contributed by atoms with Crippen molar-refractivity contribution in [3.63, 3.8) is 0 Å². The van der Waals surface area contributed by atoms with Crippen LogP contribution in [-0.4, -0.2) is 35.9 Å². The van der Waals surface area contributed by atoms with Gasteiger partial charge in [0.25, 0.3) is 0 Å². The molecule has 0 bridgehead atoms. The number of carbonyl (C=O) groups excluding carboxylic acids is 2. The third kappa shape index (κ3) is 3.82. The molecule has 0 aliphatic carbocycles. The van der Waals surface area contributed by atoms with Crippen LogP contribution in [0, 0.1) is 0 Å².